The van der Waals surface area contributed by atoms with Crippen LogP contribution in [0.4, 0.5) is 0 Å². The zero-order valence-corrected chi connectivity index (χ0v) is 15.3. The van der Waals surface area contributed by atoms with E-state index < -0.39 is 0 Å². The molecule has 136 valence electrons. The molecular weight excluding hydrogens is 338 g/mol. The second kappa shape index (κ2) is 9.66. The summed E-state index contributed by atoms with van der Waals surface area (Å²) in [4.78, 5) is 0. The molecule has 25 heavy (non-hydrogen) atoms. The summed E-state index contributed by atoms with van der Waals surface area (Å²) in [5, 5.41) is 0. The fraction of sp³-hybridized carbons (Fsp3) is 0.400. The molecule has 0 spiro atoms. The Kier molecular flexibility index (Phi) is 7.56. The van der Waals surface area contributed by atoms with Crippen molar-refractivity contribution in [2.75, 3.05) is 20.3 Å². The molecule has 0 saturated carbocycles. The van der Waals surface area contributed by atoms with Gasteiger partial charge in [0.2, 0.25) is 0 Å². The Morgan fingerprint density at radius 1 is 1.08 bits per heavy atom. The van der Waals surface area contributed by atoms with Gasteiger partial charge in [-0.2, -0.15) is 0 Å². The first-order chi connectivity index (χ1) is 11.8. The SMILES string of the molecule is COc1ccc([C@@H](N)C2CCOCC2)cc1OCc1ccccc1.Cl. The molecule has 2 N–H and O–H groups in total. The highest BCUT2D eigenvalue weighted by molar-refractivity contribution is 5.85. The number of rotatable bonds is 6. The van der Waals surface area contributed by atoms with E-state index in [-0.39, 0.29) is 18.4 Å². The third-order valence-electron chi connectivity index (χ3n) is 4.58. The van der Waals surface area contributed by atoms with Crippen LogP contribution in [0.25, 0.3) is 0 Å². The maximum Gasteiger partial charge on any atom is 0.161 e. The molecule has 0 aromatic heterocycles. The van der Waals surface area contributed by atoms with Crippen molar-refractivity contribution in [3.63, 3.8) is 0 Å². The third kappa shape index (κ3) is 5.11. The average molecular weight is 364 g/mol. The smallest absolute Gasteiger partial charge is 0.161 e. The van der Waals surface area contributed by atoms with Crippen LogP contribution < -0.4 is 15.2 Å². The standard InChI is InChI=1S/C20H25NO3.ClH/c1-22-18-8-7-17(20(21)16-9-11-23-12-10-16)13-19(18)24-14-15-5-3-2-4-6-15;/h2-8,13,16,20H,9-12,14,21H2,1H3;1H/t20-;/m0./s1. The summed E-state index contributed by atoms with van der Waals surface area (Å²) in [6.07, 6.45) is 2.01. The molecule has 1 aliphatic rings. The Bertz CT molecular complexity index is 645. The Balaban J connectivity index is 0.00000225. The van der Waals surface area contributed by atoms with Gasteiger partial charge < -0.3 is 19.9 Å². The lowest BCUT2D eigenvalue weighted by atomic mass is 9.87. The largest absolute Gasteiger partial charge is 0.493 e. The number of halogens is 1. The molecular formula is C20H26ClNO3. The highest BCUT2D eigenvalue weighted by Crippen LogP contribution is 2.34. The number of nitrogens with two attached hydrogens (primary N) is 1. The van der Waals surface area contributed by atoms with Crippen LogP contribution in [0.2, 0.25) is 0 Å². The third-order valence-corrected chi connectivity index (χ3v) is 4.58. The minimum Gasteiger partial charge on any atom is -0.493 e. The number of methoxy groups -OCH3 is 1. The van der Waals surface area contributed by atoms with Crippen LogP contribution in [0.1, 0.15) is 30.0 Å². The van der Waals surface area contributed by atoms with E-state index in [0.29, 0.717) is 12.5 Å². The zero-order chi connectivity index (χ0) is 16.8. The monoisotopic (exact) mass is 363 g/mol. The van der Waals surface area contributed by atoms with Crippen LogP contribution in [0, 0.1) is 5.92 Å². The van der Waals surface area contributed by atoms with E-state index in [0.717, 1.165) is 48.7 Å². The summed E-state index contributed by atoms with van der Waals surface area (Å²) >= 11 is 0. The molecule has 2 aromatic carbocycles. The summed E-state index contributed by atoms with van der Waals surface area (Å²) in [7, 11) is 1.66. The number of hydrogen-bond acceptors (Lipinski definition) is 4. The van der Waals surface area contributed by atoms with Gasteiger partial charge in [-0.25, -0.2) is 0 Å². The summed E-state index contributed by atoms with van der Waals surface area (Å²) < 4.78 is 16.8. The second-order valence-corrected chi connectivity index (χ2v) is 6.16. The van der Waals surface area contributed by atoms with Gasteiger partial charge in [0, 0.05) is 19.3 Å². The lowest BCUT2D eigenvalue weighted by Crippen LogP contribution is -2.27. The molecule has 0 unspecified atom stereocenters. The Labute approximate surface area is 155 Å². The molecule has 0 aliphatic carbocycles. The van der Waals surface area contributed by atoms with Gasteiger partial charge >= 0.3 is 0 Å². The quantitative estimate of drug-likeness (QED) is 0.838. The number of hydrogen-bond donors (Lipinski definition) is 1. The normalized spacial score (nSPS) is 15.9. The van der Waals surface area contributed by atoms with E-state index in [4.69, 9.17) is 19.9 Å². The topological polar surface area (TPSA) is 53.7 Å². The van der Waals surface area contributed by atoms with Crippen molar-refractivity contribution in [2.45, 2.75) is 25.5 Å². The Morgan fingerprint density at radius 3 is 2.48 bits per heavy atom. The summed E-state index contributed by atoms with van der Waals surface area (Å²) in [6.45, 7) is 2.10. The summed E-state index contributed by atoms with van der Waals surface area (Å²) in [5.74, 6) is 1.92. The molecule has 2 aromatic rings. The van der Waals surface area contributed by atoms with E-state index in [1.165, 1.54) is 0 Å². The first-order valence-electron chi connectivity index (χ1n) is 8.46. The predicted octanol–water partition coefficient (Wildman–Crippen LogP) is 4.12. The van der Waals surface area contributed by atoms with Crippen molar-refractivity contribution in [3.05, 3.63) is 59.7 Å². The van der Waals surface area contributed by atoms with Gasteiger partial charge in [-0.1, -0.05) is 36.4 Å². The van der Waals surface area contributed by atoms with Gasteiger partial charge in [0.05, 0.1) is 7.11 Å². The first kappa shape index (κ1) is 19.6. The highest BCUT2D eigenvalue weighted by Gasteiger charge is 2.23. The van der Waals surface area contributed by atoms with Gasteiger partial charge in [0.15, 0.2) is 11.5 Å². The fourth-order valence-corrected chi connectivity index (χ4v) is 3.10. The maximum atomic E-state index is 6.49. The minimum atomic E-state index is -0.00104. The molecule has 1 fully saturated rings. The highest BCUT2D eigenvalue weighted by atomic mass is 35.5. The average Bonchev–Trinajstić information content (AvgIpc) is 2.67. The molecule has 1 heterocycles. The fourth-order valence-electron chi connectivity index (χ4n) is 3.10. The van der Waals surface area contributed by atoms with Crippen LogP contribution in [0.15, 0.2) is 48.5 Å². The van der Waals surface area contributed by atoms with Crippen molar-refractivity contribution in [3.8, 4) is 11.5 Å². The van der Waals surface area contributed by atoms with Crippen LogP contribution in [-0.4, -0.2) is 20.3 Å². The minimum absolute atomic E-state index is 0. The van der Waals surface area contributed by atoms with Crippen LogP contribution >= 0.6 is 12.4 Å². The van der Waals surface area contributed by atoms with Crippen LogP contribution in [-0.2, 0) is 11.3 Å². The Morgan fingerprint density at radius 2 is 1.80 bits per heavy atom. The molecule has 4 nitrogen and oxygen atoms in total. The lowest BCUT2D eigenvalue weighted by Gasteiger charge is -2.28. The van der Waals surface area contributed by atoms with Crippen molar-refractivity contribution in [1.82, 2.24) is 0 Å². The van der Waals surface area contributed by atoms with E-state index in [2.05, 4.69) is 0 Å². The maximum absolute atomic E-state index is 6.49. The van der Waals surface area contributed by atoms with Gasteiger partial charge in [-0.05, 0) is 42.0 Å². The van der Waals surface area contributed by atoms with Crippen molar-refractivity contribution in [1.29, 1.82) is 0 Å². The second-order valence-electron chi connectivity index (χ2n) is 6.16. The van der Waals surface area contributed by atoms with Gasteiger partial charge in [0.1, 0.15) is 6.61 Å². The van der Waals surface area contributed by atoms with E-state index in [1.54, 1.807) is 7.11 Å². The number of ether oxygens (including phenoxy) is 3. The molecule has 0 bridgehead atoms. The molecule has 1 atom stereocenters. The zero-order valence-electron chi connectivity index (χ0n) is 14.5. The molecule has 3 rings (SSSR count). The lowest BCUT2D eigenvalue weighted by molar-refractivity contribution is 0.0583. The van der Waals surface area contributed by atoms with Crippen molar-refractivity contribution >= 4 is 12.4 Å². The van der Waals surface area contributed by atoms with Gasteiger partial charge in [-0.3, -0.25) is 0 Å². The molecule has 1 saturated heterocycles. The molecule has 5 heteroatoms. The van der Waals surface area contributed by atoms with Gasteiger partial charge in [-0.15, -0.1) is 12.4 Å². The van der Waals surface area contributed by atoms with Crippen LogP contribution in [0.3, 0.4) is 0 Å². The summed E-state index contributed by atoms with van der Waals surface area (Å²) in [6, 6.07) is 16.1. The van der Waals surface area contributed by atoms with E-state index >= 15 is 0 Å². The molecule has 0 amide bonds. The predicted molar refractivity (Wildman–Crippen MR) is 101 cm³/mol. The van der Waals surface area contributed by atoms with Gasteiger partial charge in [0.25, 0.3) is 0 Å². The van der Waals surface area contributed by atoms with Crippen molar-refractivity contribution < 1.29 is 14.2 Å². The summed E-state index contributed by atoms with van der Waals surface area (Å²) in [5.41, 5.74) is 8.70. The molecule has 1 aliphatic heterocycles. The Hall–Kier alpha value is -1.75. The van der Waals surface area contributed by atoms with Crippen LogP contribution in [0.5, 0.6) is 11.5 Å². The van der Waals surface area contributed by atoms with Crippen molar-refractivity contribution in [2.24, 2.45) is 11.7 Å². The van der Waals surface area contributed by atoms with E-state index in [9.17, 15) is 0 Å². The molecule has 0 radical (unpaired) electrons. The first-order valence-corrected chi connectivity index (χ1v) is 8.46. The van der Waals surface area contributed by atoms with E-state index in [1.807, 2.05) is 48.5 Å². The number of benzene rings is 2.